The van der Waals surface area contributed by atoms with Crippen molar-refractivity contribution in [3.8, 4) is 0 Å². The topological polar surface area (TPSA) is 34.1 Å². The van der Waals surface area contributed by atoms with Crippen LogP contribution in [-0.2, 0) is 9.59 Å². The van der Waals surface area contributed by atoms with Gasteiger partial charge in [0.15, 0.2) is 0 Å². The fourth-order valence-electron chi connectivity index (χ4n) is 1.85. The number of Topliss-reactive ketones (excluding diaryl/α,β-unsaturated/α-hetero) is 1. The highest BCUT2D eigenvalue weighted by Gasteiger charge is 2.20. The molecule has 2 heteroatoms. The van der Waals surface area contributed by atoms with Gasteiger partial charge in [-0.1, -0.05) is 25.5 Å². The summed E-state index contributed by atoms with van der Waals surface area (Å²) in [6, 6.07) is 0. The Balaban J connectivity index is 4.21. The molecule has 0 aliphatic heterocycles. The van der Waals surface area contributed by atoms with E-state index in [4.69, 9.17) is 0 Å². The molecule has 0 heterocycles. The van der Waals surface area contributed by atoms with Crippen LogP contribution in [0.2, 0.25) is 0 Å². The van der Waals surface area contributed by atoms with Gasteiger partial charge in [-0.25, -0.2) is 0 Å². The number of carbonyl (C=O) groups excluding carboxylic acids is 2. The van der Waals surface area contributed by atoms with Crippen molar-refractivity contribution in [3.63, 3.8) is 0 Å². The van der Waals surface area contributed by atoms with Crippen LogP contribution in [0, 0.1) is 17.8 Å². The van der Waals surface area contributed by atoms with Crippen LogP contribution < -0.4 is 0 Å². The third-order valence-corrected chi connectivity index (χ3v) is 3.40. The van der Waals surface area contributed by atoms with E-state index < -0.39 is 0 Å². The van der Waals surface area contributed by atoms with Crippen LogP contribution in [-0.4, -0.2) is 12.1 Å². The maximum absolute atomic E-state index is 11.2. The molecule has 3 atom stereocenters. The van der Waals surface area contributed by atoms with Crippen molar-refractivity contribution in [1.29, 1.82) is 0 Å². The van der Waals surface area contributed by atoms with Crippen LogP contribution in [0.1, 0.15) is 53.9 Å². The molecular weight excluding hydrogens is 212 g/mol. The summed E-state index contributed by atoms with van der Waals surface area (Å²) >= 11 is 0. The zero-order chi connectivity index (χ0) is 13.4. The van der Waals surface area contributed by atoms with E-state index in [-0.39, 0.29) is 17.6 Å². The Morgan fingerprint density at radius 3 is 2.18 bits per heavy atom. The maximum atomic E-state index is 11.2. The van der Waals surface area contributed by atoms with Gasteiger partial charge in [0.2, 0.25) is 0 Å². The first kappa shape index (κ1) is 16.1. The Kier molecular flexibility index (Phi) is 7.77. The maximum Gasteiger partial charge on any atom is 0.132 e. The summed E-state index contributed by atoms with van der Waals surface area (Å²) in [6.45, 7) is 9.77. The lowest BCUT2D eigenvalue weighted by atomic mass is 9.83. The molecule has 0 bridgehead atoms. The summed E-state index contributed by atoms with van der Waals surface area (Å²) in [6.07, 6.45) is 5.94. The quantitative estimate of drug-likeness (QED) is 0.476. The largest absolute Gasteiger partial charge is 0.303 e. The van der Waals surface area contributed by atoms with Crippen molar-refractivity contribution < 1.29 is 9.59 Å². The molecule has 0 N–H and O–H groups in total. The average Bonchev–Trinajstić information content (AvgIpc) is 2.24. The second-order valence-corrected chi connectivity index (χ2v) is 5.38. The molecule has 3 unspecified atom stereocenters. The first-order valence-corrected chi connectivity index (χ1v) is 6.47. The van der Waals surface area contributed by atoms with Crippen LogP contribution in [0.5, 0.6) is 0 Å². The first-order valence-electron chi connectivity index (χ1n) is 6.47. The van der Waals surface area contributed by atoms with Gasteiger partial charge < -0.3 is 4.79 Å². The predicted molar refractivity (Wildman–Crippen MR) is 71.8 cm³/mol. The highest BCUT2D eigenvalue weighted by Crippen LogP contribution is 2.23. The van der Waals surface area contributed by atoms with Gasteiger partial charge in [0, 0.05) is 11.8 Å². The van der Waals surface area contributed by atoms with E-state index in [1.54, 1.807) is 6.92 Å². The molecule has 0 radical (unpaired) electrons. The van der Waals surface area contributed by atoms with Crippen molar-refractivity contribution in [2.24, 2.45) is 17.8 Å². The molecular formula is C15H26O2. The Labute approximate surface area is 105 Å². The molecule has 0 saturated carbocycles. The van der Waals surface area contributed by atoms with Crippen LogP contribution in [0.25, 0.3) is 0 Å². The molecule has 0 aliphatic carbocycles. The molecule has 0 rings (SSSR count). The molecule has 0 aromatic heterocycles. The van der Waals surface area contributed by atoms with Crippen molar-refractivity contribution in [2.45, 2.75) is 53.9 Å². The Morgan fingerprint density at radius 1 is 1.18 bits per heavy atom. The van der Waals surface area contributed by atoms with E-state index >= 15 is 0 Å². The van der Waals surface area contributed by atoms with E-state index in [9.17, 15) is 9.59 Å². The zero-order valence-electron chi connectivity index (χ0n) is 11.8. The molecule has 0 spiro atoms. The lowest BCUT2D eigenvalue weighted by molar-refractivity contribution is -0.121. The summed E-state index contributed by atoms with van der Waals surface area (Å²) < 4.78 is 0. The zero-order valence-corrected chi connectivity index (χ0v) is 11.8. The van der Waals surface area contributed by atoms with Crippen LogP contribution in [0.3, 0.4) is 0 Å². The van der Waals surface area contributed by atoms with Crippen molar-refractivity contribution in [2.75, 3.05) is 0 Å². The lowest BCUT2D eigenvalue weighted by Crippen LogP contribution is -2.19. The smallest absolute Gasteiger partial charge is 0.132 e. The first-order chi connectivity index (χ1) is 7.88. The minimum absolute atomic E-state index is 0.00361. The van der Waals surface area contributed by atoms with Gasteiger partial charge in [0.05, 0.1) is 0 Å². The average molecular weight is 238 g/mol. The van der Waals surface area contributed by atoms with Gasteiger partial charge >= 0.3 is 0 Å². The predicted octanol–water partition coefficient (Wildman–Crippen LogP) is 3.80. The Morgan fingerprint density at radius 2 is 1.76 bits per heavy atom. The number of ketones is 1. The lowest BCUT2D eigenvalue weighted by Gasteiger charge is -2.20. The van der Waals surface area contributed by atoms with E-state index in [1.165, 1.54) is 5.57 Å². The third-order valence-electron chi connectivity index (χ3n) is 3.40. The van der Waals surface area contributed by atoms with E-state index in [0.29, 0.717) is 12.3 Å². The number of hydrogen-bond acceptors (Lipinski definition) is 2. The summed E-state index contributed by atoms with van der Waals surface area (Å²) in [5.74, 6) is 0.536. The van der Waals surface area contributed by atoms with Crippen LogP contribution in [0.15, 0.2) is 11.6 Å². The van der Waals surface area contributed by atoms with Gasteiger partial charge in [-0.15, -0.1) is 0 Å². The van der Waals surface area contributed by atoms with Gasteiger partial charge in [-0.3, -0.25) is 4.79 Å². The van der Waals surface area contributed by atoms with E-state index in [1.807, 2.05) is 6.92 Å². The second kappa shape index (κ2) is 8.21. The number of hydrogen-bond donors (Lipinski definition) is 0. The third kappa shape index (κ3) is 7.09. The highest BCUT2D eigenvalue weighted by atomic mass is 16.1. The Bertz CT molecular complexity index is 275. The van der Waals surface area contributed by atoms with Gasteiger partial charge in [0.1, 0.15) is 12.1 Å². The van der Waals surface area contributed by atoms with Crippen molar-refractivity contribution >= 4 is 12.1 Å². The minimum atomic E-state index is -0.00361. The normalized spacial score (nSPS) is 15.8. The van der Waals surface area contributed by atoms with Crippen LogP contribution >= 0.6 is 0 Å². The highest BCUT2D eigenvalue weighted by molar-refractivity contribution is 5.78. The Hall–Kier alpha value is -0.920. The van der Waals surface area contributed by atoms with Gasteiger partial charge in [0.25, 0.3) is 0 Å². The molecule has 0 aliphatic rings. The van der Waals surface area contributed by atoms with Crippen molar-refractivity contribution in [1.82, 2.24) is 0 Å². The molecule has 0 saturated heterocycles. The molecule has 0 aromatic rings. The van der Waals surface area contributed by atoms with Gasteiger partial charge in [-0.05, 0) is 46.0 Å². The number of carbonyl (C=O) groups is 2. The minimum Gasteiger partial charge on any atom is -0.303 e. The summed E-state index contributed by atoms with van der Waals surface area (Å²) in [5.41, 5.74) is 1.32. The summed E-state index contributed by atoms with van der Waals surface area (Å²) in [5, 5.41) is 0. The summed E-state index contributed by atoms with van der Waals surface area (Å²) in [4.78, 5) is 22.3. The molecule has 0 fully saturated rings. The molecule has 17 heavy (non-hydrogen) atoms. The SMILES string of the molecule is CC(=O)C(C)CC(C=O)C(C)CCC=C(C)C. The number of allylic oxidation sites excluding steroid dienone is 2. The molecule has 0 aromatic carbocycles. The van der Waals surface area contributed by atoms with Crippen LogP contribution in [0.4, 0.5) is 0 Å². The van der Waals surface area contributed by atoms with E-state index in [2.05, 4.69) is 26.8 Å². The second-order valence-electron chi connectivity index (χ2n) is 5.38. The fraction of sp³-hybridized carbons (Fsp3) is 0.733. The number of aldehydes is 1. The molecule has 0 amide bonds. The van der Waals surface area contributed by atoms with Gasteiger partial charge in [-0.2, -0.15) is 0 Å². The standard InChI is InChI=1S/C15H26O2/c1-11(2)7-6-8-12(3)15(10-16)9-13(4)14(5)17/h7,10,12-13,15H,6,8-9H2,1-5H3. The monoisotopic (exact) mass is 238 g/mol. The number of rotatable bonds is 8. The van der Waals surface area contributed by atoms with Crippen molar-refractivity contribution in [3.05, 3.63) is 11.6 Å². The molecule has 2 nitrogen and oxygen atoms in total. The fourth-order valence-corrected chi connectivity index (χ4v) is 1.85. The van der Waals surface area contributed by atoms with E-state index in [0.717, 1.165) is 19.1 Å². The molecule has 98 valence electrons. The summed E-state index contributed by atoms with van der Waals surface area (Å²) in [7, 11) is 0.